The van der Waals surface area contributed by atoms with E-state index in [1.807, 2.05) is 26.0 Å². The van der Waals surface area contributed by atoms with Crippen LogP contribution in [0.5, 0.6) is 0 Å². The molecule has 1 aliphatic rings. The van der Waals surface area contributed by atoms with Gasteiger partial charge in [0, 0.05) is 23.5 Å². The lowest BCUT2D eigenvalue weighted by molar-refractivity contribution is 0.734. The first-order valence-electron chi connectivity index (χ1n) is 6.19. The minimum absolute atomic E-state index is 0.550. The molecule has 2 aromatic rings. The van der Waals surface area contributed by atoms with Gasteiger partial charge in [-0.05, 0) is 19.0 Å². The predicted molar refractivity (Wildman–Crippen MR) is 72.7 cm³/mol. The Morgan fingerprint density at radius 1 is 1.35 bits per heavy atom. The summed E-state index contributed by atoms with van der Waals surface area (Å²) in [5.41, 5.74) is 2.11. The highest BCUT2D eigenvalue weighted by Crippen LogP contribution is 2.30. The molecule has 1 aromatic carbocycles. The molecule has 4 heteroatoms. The van der Waals surface area contributed by atoms with E-state index in [1.165, 1.54) is 12.1 Å². The number of nitrogens with zero attached hydrogens (tertiary/aromatic N) is 1. The minimum atomic E-state index is 0.550. The van der Waals surface area contributed by atoms with E-state index in [9.17, 15) is 0 Å². The average Bonchev–Trinajstić information content (AvgIpc) is 3.00. The lowest BCUT2D eigenvalue weighted by Crippen LogP contribution is -2.08. The van der Waals surface area contributed by atoms with Gasteiger partial charge in [-0.2, -0.15) is 5.10 Å². The van der Waals surface area contributed by atoms with Gasteiger partial charge in [-0.15, -0.1) is 0 Å². The van der Waals surface area contributed by atoms with E-state index in [4.69, 9.17) is 11.6 Å². The molecular formula is C13H18ClN3. The summed E-state index contributed by atoms with van der Waals surface area (Å²) < 4.78 is 0. The molecule has 17 heavy (non-hydrogen) atoms. The van der Waals surface area contributed by atoms with Crippen molar-refractivity contribution in [2.24, 2.45) is 0 Å². The summed E-state index contributed by atoms with van der Waals surface area (Å²) in [7, 11) is 0. The van der Waals surface area contributed by atoms with Gasteiger partial charge in [-0.1, -0.05) is 37.6 Å². The second kappa shape index (κ2) is 5.52. The maximum absolute atomic E-state index is 6.08. The molecule has 0 bridgehead atoms. The van der Waals surface area contributed by atoms with Crippen molar-refractivity contribution in [1.29, 1.82) is 0 Å². The number of benzene rings is 1. The molecule has 3 rings (SSSR count). The van der Waals surface area contributed by atoms with Crippen LogP contribution in [0.3, 0.4) is 0 Å². The van der Waals surface area contributed by atoms with Crippen molar-refractivity contribution < 1.29 is 0 Å². The fourth-order valence-corrected chi connectivity index (χ4v) is 2.45. The smallest absolute Gasteiger partial charge is 0.111 e. The number of hydrogen-bond donors (Lipinski definition) is 2. The summed E-state index contributed by atoms with van der Waals surface area (Å²) >= 11 is 6.08. The molecule has 0 amide bonds. The summed E-state index contributed by atoms with van der Waals surface area (Å²) in [6, 6.07) is 5.94. The zero-order chi connectivity index (χ0) is 12.3. The molecule has 0 saturated carbocycles. The number of nitrogens with one attached hydrogen (secondary N) is 2. The van der Waals surface area contributed by atoms with Crippen molar-refractivity contribution in [3.8, 4) is 0 Å². The molecule has 1 atom stereocenters. The normalized spacial score (nSPS) is 19.1. The molecular weight excluding hydrogens is 234 g/mol. The molecule has 3 nitrogen and oxygen atoms in total. The first kappa shape index (κ1) is 12.4. The standard InChI is InChI=1S/C11H12ClN3.C2H6/c12-9-3-1-2-8-10(14-15-11(8)9)7-4-5-13-6-7;1-2/h1-3,7,13H,4-6H2,(H,14,15);1-2H3. The van der Waals surface area contributed by atoms with Crippen LogP contribution in [0, 0.1) is 0 Å². The van der Waals surface area contributed by atoms with E-state index in [-0.39, 0.29) is 0 Å². The highest BCUT2D eigenvalue weighted by molar-refractivity contribution is 6.35. The lowest BCUT2D eigenvalue weighted by Gasteiger charge is -2.05. The highest BCUT2D eigenvalue weighted by Gasteiger charge is 2.21. The SMILES string of the molecule is CC.Clc1cccc2c(C3CCNC3)[nH]nc12. The number of rotatable bonds is 1. The Morgan fingerprint density at radius 2 is 2.18 bits per heavy atom. The van der Waals surface area contributed by atoms with Crippen LogP contribution < -0.4 is 5.32 Å². The van der Waals surface area contributed by atoms with Gasteiger partial charge in [0.25, 0.3) is 0 Å². The molecule has 0 spiro atoms. The molecule has 1 fully saturated rings. The molecule has 2 N–H and O–H groups in total. The van der Waals surface area contributed by atoms with E-state index < -0.39 is 0 Å². The van der Waals surface area contributed by atoms with Crippen LogP contribution in [0.2, 0.25) is 5.02 Å². The summed E-state index contributed by atoms with van der Waals surface area (Å²) in [4.78, 5) is 0. The van der Waals surface area contributed by atoms with Crippen LogP contribution >= 0.6 is 11.6 Å². The maximum atomic E-state index is 6.08. The van der Waals surface area contributed by atoms with Crippen molar-refractivity contribution in [2.75, 3.05) is 13.1 Å². The molecule has 0 aliphatic carbocycles. The summed E-state index contributed by atoms with van der Waals surface area (Å²) in [6.07, 6.45) is 1.17. The Balaban J connectivity index is 0.000000514. The van der Waals surface area contributed by atoms with Crippen LogP contribution in [0.25, 0.3) is 10.9 Å². The fourth-order valence-electron chi connectivity index (χ4n) is 2.23. The number of para-hydroxylation sites is 1. The van der Waals surface area contributed by atoms with Crippen molar-refractivity contribution in [3.63, 3.8) is 0 Å². The van der Waals surface area contributed by atoms with Gasteiger partial charge in [0.1, 0.15) is 5.52 Å². The van der Waals surface area contributed by atoms with Crippen LogP contribution in [-0.4, -0.2) is 23.3 Å². The van der Waals surface area contributed by atoms with Gasteiger partial charge in [0.05, 0.1) is 5.02 Å². The van der Waals surface area contributed by atoms with Gasteiger partial charge in [0.2, 0.25) is 0 Å². The highest BCUT2D eigenvalue weighted by atomic mass is 35.5. The van der Waals surface area contributed by atoms with Crippen molar-refractivity contribution in [3.05, 3.63) is 28.9 Å². The first-order chi connectivity index (χ1) is 8.36. The number of halogens is 1. The lowest BCUT2D eigenvalue weighted by atomic mass is 10.0. The van der Waals surface area contributed by atoms with Gasteiger partial charge in [-0.3, -0.25) is 5.10 Å². The Bertz CT molecular complexity index is 486. The van der Waals surface area contributed by atoms with E-state index in [0.29, 0.717) is 5.92 Å². The monoisotopic (exact) mass is 251 g/mol. The Kier molecular flexibility index (Phi) is 4.02. The van der Waals surface area contributed by atoms with Crippen molar-refractivity contribution in [1.82, 2.24) is 15.5 Å². The molecule has 2 heterocycles. The summed E-state index contributed by atoms with van der Waals surface area (Å²) in [6.45, 7) is 6.12. The van der Waals surface area contributed by atoms with E-state index >= 15 is 0 Å². The summed E-state index contributed by atoms with van der Waals surface area (Å²) in [5.74, 6) is 0.550. The van der Waals surface area contributed by atoms with Crippen molar-refractivity contribution >= 4 is 22.5 Å². The number of aromatic amines is 1. The third-order valence-electron chi connectivity index (χ3n) is 3.03. The third kappa shape index (κ3) is 2.31. The zero-order valence-electron chi connectivity index (χ0n) is 10.3. The van der Waals surface area contributed by atoms with Crippen LogP contribution in [0.4, 0.5) is 0 Å². The van der Waals surface area contributed by atoms with Crippen LogP contribution in [-0.2, 0) is 0 Å². The largest absolute Gasteiger partial charge is 0.316 e. The molecule has 1 aliphatic heterocycles. The van der Waals surface area contributed by atoms with Crippen molar-refractivity contribution in [2.45, 2.75) is 26.2 Å². The first-order valence-corrected chi connectivity index (χ1v) is 6.57. The van der Waals surface area contributed by atoms with Gasteiger partial charge >= 0.3 is 0 Å². The van der Waals surface area contributed by atoms with E-state index in [1.54, 1.807) is 0 Å². The molecule has 1 saturated heterocycles. The number of fused-ring (bicyclic) bond motifs is 1. The third-order valence-corrected chi connectivity index (χ3v) is 3.34. The zero-order valence-corrected chi connectivity index (χ0v) is 11.0. The van der Waals surface area contributed by atoms with Gasteiger partial charge < -0.3 is 5.32 Å². The number of H-pyrrole nitrogens is 1. The Labute approximate surface area is 107 Å². The Hall–Kier alpha value is -1.06. The van der Waals surface area contributed by atoms with Crippen LogP contribution in [0.15, 0.2) is 18.2 Å². The second-order valence-corrected chi connectivity index (χ2v) is 4.37. The number of aromatic nitrogens is 2. The maximum Gasteiger partial charge on any atom is 0.111 e. The molecule has 1 unspecified atom stereocenters. The topological polar surface area (TPSA) is 40.7 Å². The predicted octanol–water partition coefficient (Wildman–Crippen LogP) is 3.32. The molecule has 1 aromatic heterocycles. The average molecular weight is 252 g/mol. The van der Waals surface area contributed by atoms with E-state index in [0.717, 1.165) is 29.0 Å². The number of hydrogen-bond acceptors (Lipinski definition) is 2. The molecule has 92 valence electrons. The quantitative estimate of drug-likeness (QED) is 0.816. The second-order valence-electron chi connectivity index (χ2n) is 3.96. The minimum Gasteiger partial charge on any atom is -0.316 e. The Morgan fingerprint density at radius 3 is 2.88 bits per heavy atom. The fraction of sp³-hybridized carbons (Fsp3) is 0.462. The van der Waals surface area contributed by atoms with Gasteiger partial charge in [0.15, 0.2) is 0 Å². The summed E-state index contributed by atoms with van der Waals surface area (Å²) in [5, 5.41) is 12.6. The van der Waals surface area contributed by atoms with Gasteiger partial charge in [-0.25, -0.2) is 0 Å². The van der Waals surface area contributed by atoms with E-state index in [2.05, 4.69) is 21.6 Å². The van der Waals surface area contributed by atoms with Crippen LogP contribution in [0.1, 0.15) is 31.9 Å². The molecule has 0 radical (unpaired) electrons.